The van der Waals surface area contributed by atoms with E-state index < -0.39 is 0 Å². The molecular weight excluding hydrogens is 194 g/mol. The zero-order valence-electron chi connectivity index (χ0n) is 9.99. The summed E-state index contributed by atoms with van der Waals surface area (Å²) in [5.41, 5.74) is 2.88. The van der Waals surface area contributed by atoms with Crippen molar-refractivity contribution in [2.45, 2.75) is 38.4 Å². The monoisotopic (exact) mass is 217 g/mol. The van der Waals surface area contributed by atoms with Gasteiger partial charge in [-0.3, -0.25) is 0 Å². The summed E-state index contributed by atoms with van der Waals surface area (Å²) in [5, 5.41) is 0. The normalized spacial score (nSPS) is 31.8. The Morgan fingerprint density at radius 1 is 1.20 bits per heavy atom. The molecular formula is C11H23NO3. The molecule has 4 heteroatoms. The predicted molar refractivity (Wildman–Crippen MR) is 58.6 cm³/mol. The van der Waals surface area contributed by atoms with Gasteiger partial charge >= 0.3 is 0 Å². The lowest BCUT2D eigenvalue weighted by molar-refractivity contribution is -0.0795. The van der Waals surface area contributed by atoms with E-state index in [0.717, 1.165) is 32.4 Å². The molecule has 0 aromatic heterocycles. The van der Waals surface area contributed by atoms with Gasteiger partial charge in [0.1, 0.15) is 0 Å². The van der Waals surface area contributed by atoms with Gasteiger partial charge in [0.25, 0.3) is 0 Å². The van der Waals surface area contributed by atoms with Gasteiger partial charge in [0.05, 0.1) is 18.8 Å². The van der Waals surface area contributed by atoms with Gasteiger partial charge in [0, 0.05) is 33.1 Å². The highest BCUT2D eigenvalue weighted by atomic mass is 16.6. The molecule has 1 rings (SSSR count). The van der Waals surface area contributed by atoms with Crippen molar-refractivity contribution >= 4 is 0 Å². The van der Waals surface area contributed by atoms with Crippen LogP contribution < -0.4 is 5.48 Å². The van der Waals surface area contributed by atoms with Crippen LogP contribution in [0.1, 0.15) is 26.2 Å². The SMILES string of the molecule is CCNOCC1CCC(OC)CC1OC. The van der Waals surface area contributed by atoms with Crippen LogP contribution in [0.5, 0.6) is 0 Å². The predicted octanol–water partition coefficient (Wildman–Crippen LogP) is 1.36. The molecule has 0 spiro atoms. The smallest absolute Gasteiger partial charge is 0.0735 e. The zero-order valence-corrected chi connectivity index (χ0v) is 9.99. The number of rotatable bonds is 6. The fraction of sp³-hybridized carbons (Fsp3) is 1.00. The lowest BCUT2D eigenvalue weighted by atomic mass is 9.85. The Labute approximate surface area is 92.2 Å². The van der Waals surface area contributed by atoms with Crippen molar-refractivity contribution < 1.29 is 14.3 Å². The van der Waals surface area contributed by atoms with Crippen LogP contribution in [0.3, 0.4) is 0 Å². The van der Waals surface area contributed by atoms with Crippen LogP contribution in [0.25, 0.3) is 0 Å². The molecule has 15 heavy (non-hydrogen) atoms. The van der Waals surface area contributed by atoms with Crippen LogP contribution in [0.4, 0.5) is 0 Å². The van der Waals surface area contributed by atoms with E-state index in [0.29, 0.717) is 12.0 Å². The maximum absolute atomic E-state index is 5.48. The molecule has 1 N–H and O–H groups in total. The van der Waals surface area contributed by atoms with Crippen molar-refractivity contribution in [1.82, 2.24) is 5.48 Å². The second-order valence-electron chi connectivity index (χ2n) is 4.01. The molecule has 3 unspecified atom stereocenters. The summed E-state index contributed by atoms with van der Waals surface area (Å²) in [6.07, 6.45) is 3.82. The van der Waals surface area contributed by atoms with Crippen LogP contribution in [0.15, 0.2) is 0 Å². The summed E-state index contributed by atoms with van der Waals surface area (Å²) < 4.78 is 10.8. The standard InChI is InChI=1S/C11H23NO3/c1-4-12-15-8-9-5-6-10(13-2)7-11(9)14-3/h9-12H,4-8H2,1-3H3. The molecule has 0 aliphatic heterocycles. The average Bonchev–Trinajstić information content (AvgIpc) is 2.29. The Morgan fingerprint density at radius 3 is 2.60 bits per heavy atom. The minimum Gasteiger partial charge on any atom is -0.381 e. The van der Waals surface area contributed by atoms with Crippen LogP contribution in [-0.4, -0.2) is 39.6 Å². The molecule has 1 fully saturated rings. The van der Waals surface area contributed by atoms with Gasteiger partial charge in [-0.2, -0.15) is 0 Å². The molecule has 1 saturated carbocycles. The summed E-state index contributed by atoms with van der Waals surface area (Å²) >= 11 is 0. The molecule has 0 bridgehead atoms. The van der Waals surface area contributed by atoms with Crippen LogP contribution in [0, 0.1) is 5.92 Å². The highest BCUT2D eigenvalue weighted by Gasteiger charge is 2.30. The largest absolute Gasteiger partial charge is 0.381 e. The van der Waals surface area contributed by atoms with Crippen LogP contribution >= 0.6 is 0 Å². The molecule has 0 radical (unpaired) electrons. The van der Waals surface area contributed by atoms with Gasteiger partial charge in [-0.1, -0.05) is 6.92 Å². The number of hydrogen-bond acceptors (Lipinski definition) is 4. The van der Waals surface area contributed by atoms with Gasteiger partial charge in [0.2, 0.25) is 0 Å². The van der Waals surface area contributed by atoms with E-state index in [9.17, 15) is 0 Å². The van der Waals surface area contributed by atoms with E-state index in [-0.39, 0.29) is 6.10 Å². The Morgan fingerprint density at radius 2 is 2.00 bits per heavy atom. The number of ether oxygens (including phenoxy) is 2. The molecule has 1 aliphatic rings. The van der Waals surface area contributed by atoms with Crippen molar-refractivity contribution in [1.29, 1.82) is 0 Å². The summed E-state index contributed by atoms with van der Waals surface area (Å²) in [6, 6.07) is 0. The van der Waals surface area contributed by atoms with Crippen molar-refractivity contribution in [3.63, 3.8) is 0 Å². The third-order valence-electron chi connectivity index (χ3n) is 3.06. The first kappa shape index (κ1) is 12.9. The molecule has 3 atom stereocenters. The van der Waals surface area contributed by atoms with E-state index in [1.54, 1.807) is 14.2 Å². The quantitative estimate of drug-likeness (QED) is 0.538. The Balaban J connectivity index is 2.30. The maximum Gasteiger partial charge on any atom is 0.0735 e. The van der Waals surface area contributed by atoms with Crippen molar-refractivity contribution in [2.75, 3.05) is 27.4 Å². The molecule has 0 aromatic carbocycles. The summed E-state index contributed by atoms with van der Waals surface area (Å²) in [7, 11) is 3.54. The highest BCUT2D eigenvalue weighted by Crippen LogP contribution is 2.28. The minimum absolute atomic E-state index is 0.266. The lowest BCUT2D eigenvalue weighted by Crippen LogP contribution is -2.37. The Hall–Kier alpha value is -0.160. The fourth-order valence-electron chi connectivity index (χ4n) is 2.12. The van der Waals surface area contributed by atoms with E-state index >= 15 is 0 Å². The average molecular weight is 217 g/mol. The Kier molecular flexibility index (Phi) is 6.17. The first-order chi connectivity index (χ1) is 7.31. The Bertz CT molecular complexity index is 164. The molecule has 1 aliphatic carbocycles. The van der Waals surface area contributed by atoms with Crippen molar-refractivity contribution in [3.8, 4) is 0 Å². The third kappa shape index (κ3) is 4.07. The van der Waals surface area contributed by atoms with E-state index in [1.807, 2.05) is 6.92 Å². The first-order valence-corrected chi connectivity index (χ1v) is 5.72. The van der Waals surface area contributed by atoms with Crippen LogP contribution in [0.2, 0.25) is 0 Å². The van der Waals surface area contributed by atoms with Crippen molar-refractivity contribution in [3.05, 3.63) is 0 Å². The maximum atomic E-state index is 5.48. The van der Waals surface area contributed by atoms with E-state index in [1.165, 1.54) is 0 Å². The summed E-state index contributed by atoms with van der Waals surface area (Å²) in [4.78, 5) is 5.35. The van der Waals surface area contributed by atoms with Gasteiger partial charge in [-0.25, -0.2) is 5.48 Å². The van der Waals surface area contributed by atoms with Gasteiger partial charge in [-0.05, 0) is 12.8 Å². The third-order valence-corrected chi connectivity index (χ3v) is 3.06. The second kappa shape index (κ2) is 7.17. The lowest BCUT2D eigenvalue weighted by Gasteiger charge is -2.34. The van der Waals surface area contributed by atoms with Gasteiger partial charge < -0.3 is 14.3 Å². The number of methoxy groups -OCH3 is 2. The van der Waals surface area contributed by atoms with Crippen molar-refractivity contribution in [2.24, 2.45) is 5.92 Å². The zero-order chi connectivity index (χ0) is 11.1. The molecule has 4 nitrogen and oxygen atoms in total. The molecule has 0 heterocycles. The van der Waals surface area contributed by atoms with E-state index in [4.69, 9.17) is 14.3 Å². The second-order valence-corrected chi connectivity index (χ2v) is 4.01. The fourth-order valence-corrected chi connectivity index (χ4v) is 2.12. The number of hydroxylamine groups is 1. The molecule has 90 valence electrons. The van der Waals surface area contributed by atoms with Gasteiger partial charge in [0.15, 0.2) is 0 Å². The first-order valence-electron chi connectivity index (χ1n) is 5.72. The minimum atomic E-state index is 0.266. The van der Waals surface area contributed by atoms with E-state index in [2.05, 4.69) is 5.48 Å². The molecule has 0 saturated heterocycles. The van der Waals surface area contributed by atoms with Crippen LogP contribution in [-0.2, 0) is 14.3 Å². The topological polar surface area (TPSA) is 39.7 Å². The molecule has 0 amide bonds. The van der Waals surface area contributed by atoms with Gasteiger partial charge in [-0.15, -0.1) is 0 Å². The number of hydrogen-bond donors (Lipinski definition) is 1. The highest BCUT2D eigenvalue weighted by molar-refractivity contribution is 4.81. The summed E-state index contributed by atoms with van der Waals surface area (Å²) in [5.74, 6) is 0.487. The summed E-state index contributed by atoms with van der Waals surface area (Å²) in [6.45, 7) is 3.59. The molecule has 0 aromatic rings. The number of nitrogens with one attached hydrogen (secondary N) is 1.